The fourth-order valence-corrected chi connectivity index (χ4v) is 6.46. The highest BCUT2D eigenvalue weighted by molar-refractivity contribution is 7.92. The first-order valence-electron chi connectivity index (χ1n) is 9.43. The minimum atomic E-state index is -3.14. The van der Waals surface area contributed by atoms with Gasteiger partial charge in [-0.25, -0.2) is 13.2 Å². The Morgan fingerprint density at radius 2 is 1.75 bits per heavy atom. The molecule has 24 heavy (non-hydrogen) atoms. The number of sulfone groups is 1. The summed E-state index contributed by atoms with van der Waals surface area (Å²) in [5, 5.41) is 2.76. The van der Waals surface area contributed by atoms with Gasteiger partial charge in [-0.2, -0.15) is 0 Å². The Balaban J connectivity index is 1.46. The lowest BCUT2D eigenvalue weighted by molar-refractivity contribution is 0.0427. The van der Waals surface area contributed by atoms with Crippen LogP contribution in [0.1, 0.15) is 44.9 Å². The minimum absolute atomic E-state index is 0.0504. The van der Waals surface area contributed by atoms with E-state index in [4.69, 9.17) is 4.74 Å². The monoisotopic (exact) mass is 356 g/mol. The van der Waals surface area contributed by atoms with Crippen molar-refractivity contribution >= 4 is 15.9 Å². The van der Waals surface area contributed by atoms with Crippen LogP contribution >= 0.6 is 0 Å². The molecule has 0 aromatic rings. The van der Waals surface area contributed by atoms with E-state index >= 15 is 0 Å². The average molecular weight is 356 g/mol. The molecule has 2 aliphatic heterocycles. The molecule has 0 radical (unpaired) electrons. The minimum Gasteiger partial charge on any atom is -0.380 e. The number of nitrogens with one attached hydrogen (secondary N) is 1. The van der Waals surface area contributed by atoms with Gasteiger partial charge in [0.05, 0.1) is 18.4 Å². The molecule has 6 nitrogen and oxygen atoms in total. The Labute approximate surface area is 144 Å². The third-order valence-corrected chi connectivity index (χ3v) is 8.74. The van der Waals surface area contributed by atoms with Crippen LogP contribution in [0.4, 0.5) is 4.79 Å². The summed E-state index contributed by atoms with van der Waals surface area (Å²) >= 11 is 0. The van der Waals surface area contributed by atoms with Crippen LogP contribution in [0.2, 0.25) is 0 Å². The third-order valence-electron chi connectivity index (χ3n) is 6.61. The molecule has 2 saturated heterocycles. The molecule has 0 aromatic heterocycles. The molecular formula is C17H28N2O4S. The van der Waals surface area contributed by atoms with Gasteiger partial charge in [-0.15, -0.1) is 0 Å². The molecule has 0 aromatic carbocycles. The number of fused-ring (bicyclic) bond motifs is 1. The Bertz CT molecular complexity index is 571. The van der Waals surface area contributed by atoms with Gasteiger partial charge in [0, 0.05) is 19.2 Å². The smallest absolute Gasteiger partial charge is 0.317 e. The Hall–Kier alpha value is -0.820. The first-order valence-corrected chi connectivity index (χ1v) is 11.1. The Morgan fingerprint density at radius 1 is 1.08 bits per heavy atom. The van der Waals surface area contributed by atoms with E-state index in [1.807, 2.05) is 0 Å². The summed E-state index contributed by atoms with van der Waals surface area (Å²) in [7, 11) is -3.14. The molecule has 0 bridgehead atoms. The molecule has 1 N–H and O–H groups in total. The lowest BCUT2D eigenvalue weighted by atomic mass is 9.68. The summed E-state index contributed by atoms with van der Waals surface area (Å²) in [5.41, 5.74) is 0. The maximum Gasteiger partial charge on any atom is 0.317 e. The molecule has 2 heterocycles. The number of rotatable bonds is 3. The van der Waals surface area contributed by atoms with Crippen LogP contribution in [0, 0.1) is 11.8 Å². The molecule has 7 heteroatoms. The average Bonchev–Trinajstić information content (AvgIpc) is 2.43. The standard InChI is InChI=1S/C17H28N2O4S/c20-17(18-16(12-3-1-4-12)13-5-2-6-13)19-8-10-24(21,22)15-11-23-9-7-14(15)19/h12-16H,1-11H2,(H,18,20). The molecule has 2 aliphatic carbocycles. The van der Waals surface area contributed by atoms with Gasteiger partial charge in [-0.05, 0) is 43.9 Å². The van der Waals surface area contributed by atoms with E-state index in [0.29, 0.717) is 31.4 Å². The molecular weight excluding hydrogens is 328 g/mol. The van der Waals surface area contributed by atoms with Crippen LogP contribution in [0.5, 0.6) is 0 Å². The van der Waals surface area contributed by atoms with Gasteiger partial charge in [0.2, 0.25) is 0 Å². The van der Waals surface area contributed by atoms with Crippen molar-refractivity contribution in [3.05, 3.63) is 0 Å². The first-order chi connectivity index (χ1) is 11.6. The van der Waals surface area contributed by atoms with E-state index in [9.17, 15) is 13.2 Å². The molecule has 0 spiro atoms. The number of carbonyl (C=O) groups excluding carboxylic acids is 1. The number of nitrogens with zero attached hydrogens (tertiary/aromatic N) is 1. The molecule has 2 amide bonds. The largest absolute Gasteiger partial charge is 0.380 e. The van der Waals surface area contributed by atoms with Crippen molar-refractivity contribution in [2.24, 2.45) is 11.8 Å². The maximum atomic E-state index is 12.9. The van der Waals surface area contributed by atoms with Gasteiger partial charge in [0.25, 0.3) is 0 Å². The van der Waals surface area contributed by atoms with Crippen LogP contribution < -0.4 is 5.32 Å². The van der Waals surface area contributed by atoms with Gasteiger partial charge >= 0.3 is 6.03 Å². The Morgan fingerprint density at radius 3 is 2.33 bits per heavy atom. The number of ether oxygens (including phenoxy) is 1. The van der Waals surface area contributed by atoms with Gasteiger partial charge in [0.15, 0.2) is 9.84 Å². The zero-order valence-electron chi connectivity index (χ0n) is 14.2. The van der Waals surface area contributed by atoms with Crippen LogP contribution in [-0.4, -0.2) is 62.2 Å². The summed E-state index contributed by atoms with van der Waals surface area (Å²) in [6.45, 7) is 1.08. The lowest BCUT2D eigenvalue weighted by Gasteiger charge is -2.46. The van der Waals surface area contributed by atoms with E-state index in [0.717, 1.165) is 0 Å². The molecule has 4 rings (SSSR count). The number of amides is 2. The van der Waals surface area contributed by atoms with Crippen molar-refractivity contribution in [1.82, 2.24) is 10.2 Å². The maximum absolute atomic E-state index is 12.9. The Kier molecular flexibility index (Phi) is 4.49. The number of carbonyl (C=O) groups is 1. The molecule has 2 atom stereocenters. The fourth-order valence-electron chi connectivity index (χ4n) is 4.64. The van der Waals surface area contributed by atoms with Gasteiger partial charge in [0.1, 0.15) is 5.25 Å². The van der Waals surface area contributed by atoms with E-state index in [2.05, 4.69) is 5.32 Å². The number of hydrogen-bond acceptors (Lipinski definition) is 4. The molecule has 4 fully saturated rings. The third kappa shape index (κ3) is 2.94. The van der Waals surface area contributed by atoms with Crippen LogP contribution in [0.15, 0.2) is 0 Å². The van der Waals surface area contributed by atoms with Crippen molar-refractivity contribution in [2.45, 2.75) is 62.3 Å². The van der Waals surface area contributed by atoms with E-state index < -0.39 is 15.1 Å². The lowest BCUT2D eigenvalue weighted by Crippen LogP contribution is -2.63. The highest BCUT2D eigenvalue weighted by atomic mass is 32.2. The van der Waals surface area contributed by atoms with Crippen molar-refractivity contribution in [1.29, 1.82) is 0 Å². The zero-order valence-corrected chi connectivity index (χ0v) is 15.0. The number of urea groups is 1. The number of hydrogen-bond donors (Lipinski definition) is 1. The van der Waals surface area contributed by atoms with Crippen LogP contribution in [0.25, 0.3) is 0 Å². The van der Waals surface area contributed by atoms with Crippen molar-refractivity contribution in [3.63, 3.8) is 0 Å². The van der Waals surface area contributed by atoms with E-state index in [1.165, 1.54) is 38.5 Å². The van der Waals surface area contributed by atoms with Gasteiger partial charge in [-0.1, -0.05) is 12.8 Å². The summed E-state index contributed by atoms with van der Waals surface area (Å²) in [4.78, 5) is 14.7. The molecule has 2 unspecified atom stereocenters. The first kappa shape index (κ1) is 16.6. The second-order valence-corrected chi connectivity index (χ2v) is 10.2. The predicted molar refractivity (Wildman–Crippen MR) is 90.5 cm³/mol. The van der Waals surface area contributed by atoms with E-state index in [-0.39, 0.29) is 30.5 Å². The van der Waals surface area contributed by atoms with Crippen molar-refractivity contribution in [3.8, 4) is 0 Å². The summed E-state index contributed by atoms with van der Waals surface area (Å²) in [6, 6.07) is 0.0170. The normalized spacial score (nSPS) is 33.5. The predicted octanol–water partition coefficient (Wildman–Crippen LogP) is 1.55. The van der Waals surface area contributed by atoms with E-state index in [1.54, 1.807) is 4.90 Å². The highest BCUT2D eigenvalue weighted by Gasteiger charge is 2.46. The summed E-state index contributed by atoms with van der Waals surface area (Å²) in [6.07, 6.45) is 8.03. The van der Waals surface area contributed by atoms with Crippen LogP contribution in [0.3, 0.4) is 0 Å². The summed E-state index contributed by atoms with van der Waals surface area (Å²) < 4.78 is 30.0. The zero-order chi connectivity index (χ0) is 16.7. The second-order valence-electron chi connectivity index (χ2n) is 7.89. The fraction of sp³-hybridized carbons (Fsp3) is 0.941. The summed E-state index contributed by atoms with van der Waals surface area (Å²) in [5.74, 6) is 1.30. The molecule has 136 valence electrons. The second kappa shape index (κ2) is 6.48. The van der Waals surface area contributed by atoms with Crippen molar-refractivity contribution in [2.75, 3.05) is 25.5 Å². The molecule has 2 saturated carbocycles. The SMILES string of the molecule is O=C(NC(C1CCC1)C1CCC1)N1CCS(=O)(=O)C2COCCC21. The highest BCUT2D eigenvalue weighted by Crippen LogP contribution is 2.40. The van der Waals surface area contributed by atoms with Gasteiger partial charge < -0.3 is 15.0 Å². The topological polar surface area (TPSA) is 75.7 Å². The van der Waals surface area contributed by atoms with Gasteiger partial charge in [-0.3, -0.25) is 0 Å². The quantitative estimate of drug-likeness (QED) is 0.832. The van der Waals surface area contributed by atoms with Crippen LogP contribution in [-0.2, 0) is 14.6 Å². The van der Waals surface area contributed by atoms with Crippen molar-refractivity contribution < 1.29 is 17.9 Å². The molecule has 4 aliphatic rings.